The van der Waals surface area contributed by atoms with Gasteiger partial charge in [-0.2, -0.15) is 0 Å². The highest BCUT2D eigenvalue weighted by atomic mass is 15.1. The molecule has 0 saturated carbocycles. The van der Waals surface area contributed by atoms with Crippen LogP contribution in [0.25, 0.3) is 50.3 Å². The summed E-state index contributed by atoms with van der Waals surface area (Å²) in [6.45, 7) is 2.18. The first kappa shape index (κ1) is 22.9. The van der Waals surface area contributed by atoms with Crippen LogP contribution in [0.4, 0.5) is 0 Å². The lowest BCUT2D eigenvalue weighted by molar-refractivity contribution is 0.853. The normalized spacial score (nSPS) is 14.0. The van der Waals surface area contributed by atoms with Crippen molar-refractivity contribution in [1.29, 1.82) is 0 Å². The molecule has 0 bridgehead atoms. The molecule has 8 rings (SSSR count). The molecule has 0 saturated heterocycles. The summed E-state index contributed by atoms with van der Waals surface area (Å²) in [4.78, 5) is 15.5. The Hall–Kier alpha value is -5.09. The fraction of sp³-hybridized carbons (Fsp3) is 0.0833. The molecule has 1 aliphatic heterocycles. The number of aromatic nitrogens is 4. The summed E-state index contributed by atoms with van der Waals surface area (Å²) in [6, 6.07) is 42.6. The lowest BCUT2D eigenvalue weighted by Crippen LogP contribution is -2.16. The Morgan fingerprint density at radius 2 is 1.20 bits per heavy atom. The summed E-state index contributed by atoms with van der Waals surface area (Å²) in [7, 11) is 0. The van der Waals surface area contributed by atoms with Gasteiger partial charge in [-0.3, -0.25) is 4.57 Å². The highest BCUT2D eigenvalue weighted by molar-refractivity contribution is 5.94. The van der Waals surface area contributed by atoms with Gasteiger partial charge >= 0.3 is 0 Å². The van der Waals surface area contributed by atoms with Crippen molar-refractivity contribution in [2.45, 2.75) is 19.3 Å². The molecule has 0 amide bonds. The Kier molecular flexibility index (Phi) is 5.14. The lowest BCUT2D eigenvalue weighted by atomic mass is 9.80. The average molecular weight is 515 g/mol. The smallest absolute Gasteiger partial charge is 0.114 e. The van der Waals surface area contributed by atoms with Crippen molar-refractivity contribution in [3.05, 3.63) is 144 Å². The number of fused-ring (bicyclic) bond motifs is 3. The predicted octanol–water partition coefficient (Wildman–Crippen LogP) is 8.36. The molecule has 4 nitrogen and oxygen atoms in total. The van der Waals surface area contributed by atoms with E-state index in [4.69, 9.17) is 15.0 Å². The molecule has 2 aromatic heterocycles. The molecule has 1 aliphatic rings. The van der Waals surface area contributed by atoms with E-state index in [-0.39, 0.29) is 5.92 Å². The Balaban J connectivity index is 1.47. The van der Waals surface area contributed by atoms with Gasteiger partial charge in [-0.05, 0) is 47.0 Å². The van der Waals surface area contributed by atoms with Gasteiger partial charge in [0, 0.05) is 23.5 Å². The molecule has 1 atom stereocenters. The molecule has 4 heteroatoms. The Bertz CT molecular complexity index is 2040. The second kappa shape index (κ2) is 8.99. The minimum absolute atomic E-state index is 0.0855. The fourth-order valence-corrected chi connectivity index (χ4v) is 6.25. The largest absolute Gasteiger partial charge is 0.296 e. The van der Waals surface area contributed by atoms with Crippen molar-refractivity contribution in [1.82, 2.24) is 19.5 Å². The molecule has 0 radical (unpaired) electrons. The van der Waals surface area contributed by atoms with Crippen LogP contribution >= 0.6 is 0 Å². The van der Waals surface area contributed by atoms with E-state index in [0.29, 0.717) is 0 Å². The van der Waals surface area contributed by atoms with E-state index in [0.717, 1.165) is 51.3 Å². The molecule has 7 aromatic rings. The van der Waals surface area contributed by atoms with Crippen molar-refractivity contribution in [2.24, 2.45) is 0 Å². The molecule has 40 heavy (non-hydrogen) atoms. The first-order valence-electron chi connectivity index (χ1n) is 13.8. The van der Waals surface area contributed by atoms with Crippen LogP contribution in [0.5, 0.6) is 0 Å². The summed E-state index contributed by atoms with van der Waals surface area (Å²) in [5.74, 6) is 1.16. The Morgan fingerprint density at radius 3 is 1.93 bits per heavy atom. The quantitative estimate of drug-likeness (QED) is 0.237. The number of imidazole rings is 1. The van der Waals surface area contributed by atoms with Crippen LogP contribution in [0.1, 0.15) is 35.4 Å². The summed E-state index contributed by atoms with van der Waals surface area (Å²) in [6.07, 6.45) is 0.846. The van der Waals surface area contributed by atoms with E-state index < -0.39 is 0 Å². The van der Waals surface area contributed by atoms with Gasteiger partial charge in [-0.1, -0.05) is 97.9 Å². The highest BCUT2D eigenvalue weighted by Gasteiger charge is 2.31. The van der Waals surface area contributed by atoms with Gasteiger partial charge in [-0.15, -0.1) is 0 Å². The first-order valence-corrected chi connectivity index (χ1v) is 13.8. The summed E-state index contributed by atoms with van der Waals surface area (Å²) in [5.41, 5.74) is 12.8. The van der Waals surface area contributed by atoms with Gasteiger partial charge in [0.15, 0.2) is 0 Å². The third-order valence-electron chi connectivity index (χ3n) is 7.99. The average Bonchev–Trinajstić information content (AvgIpc) is 3.41. The van der Waals surface area contributed by atoms with E-state index in [1.165, 1.54) is 27.9 Å². The van der Waals surface area contributed by atoms with Crippen LogP contribution in [0.3, 0.4) is 0 Å². The number of rotatable bonds is 4. The minimum atomic E-state index is 0.0855. The van der Waals surface area contributed by atoms with Crippen LogP contribution in [-0.4, -0.2) is 19.5 Å². The highest BCUT2D eigenvalue weighted by Crippen LogP contribution is 2.46. The van der Waals surface area contributed by atoms with Gasteiger partial charge in [0.25, 0.3) is 0 Å². The molecule has 5 aromatic carbocycles. The van der Waals surface area contributed by atoms with Gasteiger partial charge in [0.2, 0.25) is 0 Å². The van der Waals surface area contributed by atoms with Crippen LogP contribution in [0, 0.1) is 0 Å². The maximum Gasteiger partial charge on any atom is 0.114 e. The minimum Gasteiger partial charge on any atom is -0.296 e. The second-order valence-corrected chi connectivity index (χ2v) is 10.3. The maximum atomic E-state index is 5.22. The van der Waals surface area contributed by atoms with Gasteiger partial charge in [-0.25, -0.2) is 15.0 Å². The van der Waals surface area contributed by atoms with Crippen molar-refractivity contribution < 1.29 is 0 Å². The molecule has 0 fully saturated rings. The molecule has 1 unspecified atom stereocenters. The van der Waals surface area contributed by atoms with Gasteiger partial charge in [0.1, 0.15) is 5.82 Å². The van der Waals surface area contributed by atoms with Gasteiger partial charge < -0.3 is 0 Å². The van der Waals surface area contributed by atoms with Crippen molar-refractivity contribution in [2.75, 3.05) is 0 Å². The van der Waals surface area contributed by atoms with E-state index >= 15 is 0 Å². The van der Waals surface area contributed by atoms with E-state index in [1.54, 1.807) is 0 Å². The number of benzene rings is 5. The molecule has 0 aliphatic carbocycles. The summed E-state index contributed by atoms with van der Waals surface area (Å²) < 4.78 is 2.37. The monoisotopic (exact) mass is 514 g/mol. The standard InChI is InChI=1S/C36H26N4/c1-2-32-37-30-22-25(35-34(24-15-7-4-8-16-24)38-28-18-10-11-19-29(28)39-35)21-27-33(23-13-5-3-6-14-23)26-17-9-12-20-31(26)40(32)36(27)30/h3-22,33H,2H2,1H3. The third kappa shape index (κ3) is 3.43. The van der Waals surface area contributed by atoms with Crippen molar-refractivity contribution in [3.63, 3.8) is 0 Å². The SMILES string of the molecule is CCc1nc2cc(-c3nc4ccccc4nc3-c3ccccc3)cc3c2n1-c1ccccc1C3c1ccccc1. The first-order chi connectivity index (χ1) is 19.8. The predicted molar refractivity (Wildman–Crippen MR) is 162 cm³/mol. The third-order valence-corrected chi connectivity index (χ3v) is 7.99. The fourth-order valence-electron chi connectivity index (χ4n) is 6.25. The molecule has 0 spiro atoms. The summed E-state index contributed by atoms with van der Waals surface area (Å²) >= 11 is 0. The second-order valence-electron chi connectivity index (χ2n) is 10.3. The Labute approximate surface area is 232 Å². The molecule has 190 valence electrons. The van der Waals surface area contributed by atoms with E-state index in [1.807, 2.05) is 30.3 Å². The van der Waals surface area contributed by atoms with Crippen molar-refractivity contribution >= 4 is 22.1 Å². The van der Waals surface area contributed by atoms with Crippen LogP contribution in [0.2, 0.25) is 0 Å². The van der Waals surface area contributed by atoms with Gasteiger partial charge in [0.05, 0.1) is 39.1 Å². The van der Waals surface area contributed by atoms with E-state index in [2.05, 4.69) is 102 Å². The van der Waals surface area contributed by atoms with Crippen LogP contribution in [0.15, 0.2) is 121 Å². The zero-order valence-corrected chi connectivity index (χ0v) is 22.1. The van der Waals surface area contributed by atoms with Crippen LogP contribution in [-0.2, 0) is 6.42 Å². The number of hydrogen-bond donors (Lipinski definition) is 0. The number of hydrogen-bond acceptors (Lipinski definition) is 3. The zero-order valence-electron chi connectivity index (χ0n) is 22.1. The molecular formula is C36H26N4. The van der Waals surface area contributed by atoms with E-state index in [9.17, 15) is 0 Å². The van der Waals surface area contributed by atoms with Crippen LogP contribution < -0.4 is 0 Å². The lowest BCUT2D eigenvalue weighted by Gasteiger charge is -2.29. The maximum absolute atomic E-state index is 5.22. The number of nitrogens with zero attached hydrogens (tertiary/aromatic N) is 4. The molecular weight excluding hydrogens is 488 g/mol. The Morgan fingerprint density at radius 1 is 0.575 bits per heavy atom. The van der Waals surface area contributed by atoms with Crippen molar-refractivity contribution in [3.8, 4) is 28.2 Å². The number of para-hydroxylation sites is 3. The zero-order chi connectivity index (χ0) is 26.6. The summed E-state index contributed by atoms with van der Waals surface area (Å²) in [5, 5.41) is 0. The topological polar surface area (TPSA) is 43.6 Å². The number of aryl methyl sites for hydroxylation is 1. The molecule has 0 N–H and O–H groups in total. The molecule has 3 heterocycles.